The molecule has 3 rings (SSSR count). The molecule has 0 aliphatic carbocycles. The molecular weight excluding hydrogens is 378 g/mol. The fraction of sp³-hybridized carbons (Fsp3) is 0.647. The Bertz CT molecular complexity index is 744. The largest absolute Gasteiger partial charge is 0.376 e. The van der Waals surface area contributed by atoms with E-state index in [1.165, 1.54) is 16.6 Å². The number of likely N-dealkylation sites (N-methyl/N-ethyl adjacent to an activating group) is 1. The van der Waals surface area contributed by atoms with Crippen molar-refractivity contribution >= 4 is 27.5 Å². The zero-order valence-electron chi connectivity index (χ0n) is 14.8. The number of pyridine rings is 1. The number of carbonyl (C=O) groups excluding carboxylic acids is 1. The van der Waals surface area contributed by atoms with Gasteiger partial charge in [0, 0.05) is 45.4 Å². The van der Waals surface area contributed by atoms with Gasteiger partial charge in [-0.15, -0.1) is 0 Å². The average molecular weight is 402 g/mol. The highest BCUT2D eigenvalue weighted by atomic mass is 35.5. The van der Waals surface area contributed by atoms with E-state index < -0.39 is 10.0 Å². The maximum Gasteiger partial charge on any atom is 0.246 e. The first-order valence-corrected chi connectivity index (χ1v) is 10.7. The van der Waals surface area contributed by atoms with Crippen LogP contribution in [-0.2, 0) is 19.6 Å². The second kappa shape index (κ2) is 8.21. The lowest BCUT2D eigenvalue weighted by atomic mass is 9.96. The van der Waals surface area contributed by atoms with Crippen LogP contribution in [0.2, 0.25) is 5.15 Å². The number of rotatable bonds is 5. The summed E-state index contributed by atoms with van der Waals surface area (Å²) < 4.78 is 32.4. The lowest BCUT2D eigenvalue weighted by molar-refractivity contribution is -0.136. The van der Waals surface area contributed by atoms with Crippen molar-refractivity contribution in [2.24, 2.45) is 5.92 Å². The third-order valence-electron chi connectivity index (χ3n) is 5.02. The second-order valence-corrected chi connectivity index (χ2v) is 9.09. The minimum atomic E-state index is -3.69. The summed E-state index contributed by atoms with van der Waals surface area (Å²) in [6, 6.07) is 3.01. The molecule has 9 heteroatoms. The van der Waals surface area contributed by atoms with Crippen LogP contribution >= 0.6 is 11.6 Å². The number of halogens is 1. The van der Waals surface area contributed by atoms with E-state index in [-0.39, 0.29) is 28.0 Å². The summed E-state index contributed by atoms with van der Waals surface area (Å²) in [6.45, 7) is 1.97. The number of hydrogen-bond donors (Lipinski definition) is 0. The van der Waals surface area contributed by atoms with E-state index in [1.54, 1.807) is 18.0 Å². The Morgan fingerprint density at radius 3 is 2.73 bits per heavy atom. The molecule has 0 saturated carbocycles. The van der Waals surface area contributed by atoms with E-state index in [2.05, 4.69) is 4.98 Å². The quantitative estimate of drug-likeness (QED) is 0.702. The van der Waals surface area contributed by atoms with Crippen molar-refractivity contribution in [2.75, 3.05) is 33.3 Å². The van der Waals surface area contributed by atoms with Crippen LogP contribution in [0.4, 0.5) is 0 Å². The maximum atomic E-state index is 12.7. The van der Waals surface area contributed by atoms with Gasteiger partial charge >= 0.3 is 0 Å². The van der Waals surface area contributed by atoms with E-state index >= 15 is 0 Å². The van der Waals surface area contributed by atoms with Crippen molar-refractivity contribution in [2.45, 2.75) is 36.7 Å². The molecule has 7 nitrogen and oxygen atoms in total. The number of nitrogens with zero attached hydrogens (tertiary/aromatic N) is 3. The number of ether oxygens (including phenoxy) is 1. The molecule has 2 fully saturated rings. The molecule has 0 aromatic carbocycles. The zero-order chi connectivity index (χ0) is 18.7. The smallest absolute Gasteiger partial charge is 0.246 e. The lowest BCUT2D eigenvalue weighted by Crippen LogP contribution is -2.44. The van der Waals surface area contributed by atoms with Gasteiger partial charge in [-0.25, -0.2) is 13.4 Å². The molecule has 26 heavy (non-hydrogen) atoms. The molecule has 2 aliphatic heterocycles. The van der Waals surface area contributed by atoms with Gasteiger partial charge in [-0.1, -0.05) is 11.6 Å². The van der Waals surface area contributed by atoms with Crippen molar-refractivity contribution < 1.29 is 17.9 Å². The number of aromatic nitrogens is 1. The van der Waals surface area contributed by atoms with Gasteiger partial charge < -0.3 is 9.64 Å². The summed E-state index contributed by atoms with van der Waals surface area (Å²) in [5.74, 6) is -0.0887. The van der Waals surface area contributed by atoms with Crippen molar-refractivity contribution in [1.29, 1.82) is 0 Å². The highest BCUT2D eigenvalue weighted by molar-refractivity contribution is 7.89. The van der Waals surface area contributed by atoms with Crippen LogP contribution < -0.4 is 0 Å². The SMILES string of the molecule is CN(CC1CCCO1)C(=O)C1CCN(S(=O)(=O)c2cccnc2Cl)CC1. The van der Waals surface area contributed by atoms with Gasteiger partial charge in [-0.05, 0) is 37.8 Å². The Labute approximate surface area is 159 Å². The molecule has 1 aromatic rings. The Morgan fingerprint density at radius 2 is 2.12 bits per heavy atom. The van der Waals surface area contributed by atoms with Crippen LogP contribution in [0.3, 0.4) is 0 Å². The van der Waals surface area contributed by atoms with Crippen molar-refractivity contribution in [1.82, 2.24) is 14.2 Å². The lowest BCUT2D eigenvalue weighted by Gasteiger charge is -2.33. The Balaban J connectivity index is 1.58. The third-order valence-corrected chi connectivity index (χ3v) is 7.37. The molecule has 2 aliphatic rings. The molecule has 1 amide bonds. The summed E-state index contributed by atoms with van der Waals surface area (Å²) in [5.41, 5.74) is 0. The van der Waals surface area contributed by atoms with Gasteiger partial charge in [-0.3, -0.25) is 4.79 Å². The molecule has 0 bridgehead atoms. The normalized spacial score (nSPS) is 22.5. The standard InChI is InChI=1S/C17H24ClN3O4S/c1-20(12-14-4-3-11-25-14)17(22)13-6-9-21(10-7-13)26(23,24)15-5-2-8-19-16(15)18/h2,5,8,13-14H,3-4,6-7,9-12H2,1H3. The molecule has 3 heterocycles. The van der Waals surface area contributed by atoms with Crippen LogP contribution in [0.1, 0.15) is 25.7 Å². The molecule has 0 spiro atoms. The highest BCUT2D eigenvalue weighted by Crippen LogP contribution is 2.28. The average Bonchev–Trinajstić information content (AvgIpc) is 3.14. The zero-order valence-corrected chi connectivity index (χ0v) is 16.4. The first-order chi connectivity index (χ1) is 12.4. The van der Waals surface area contributed by atoms with Crippen molar-refractivity contribution in [3.8, 4) is 0 Å². The van der Waals surface area contributed by atoms with E-state index in [1.807, 2.05) is 0 Å². The fourth-order valence-electron chi connectivity index (χ4n) is 3.54. The van der Waals surface area contributed by atoms with E-state index in [0.717, 1.165) is 19.4 Å². The van der Waals surface area contributed by atoms with Crippen LogP contribution in [0.25, 0.3) is 0 Å². The summed E-state index contributed by atoms with van der Waals surface area (Å²) >= 11 is 5.94. The highest BCUT2D eigenvalue weighted by Gasteiger charge is 2.34. The molecule has 1 unspecified atom stereocenters. The predicted octanol–water partition coefficient (Wildman–Crippen LogP) is 1.77. The third kappa shape index (κ3) is 4.19. The first kappa shape index (κ1) is 19.5. The van der Waals surface area contributed by atoms with Crippen molar-refractivity contribution in [3.63, 3.8) is 0 Å². The number of piperidine rings is 1. The van der Waals surface area contributed by atoms with E-state index in [0.29, 0.717) is 32.5 Å². The van der Waals surface area contributed by atoms with E-state index in [9.17, 15) is 13.2 Å². The summed E-state index contributed by atoms with van der Waals surface area (Å²) in [7, 11) is -1.89. The molecule has 1 atom stereocenters. The van der Waals surface area contributed by atoms with Gasteiger partial charge in [0.1, 0.15) is 10.0 Å². The maximum absolute atomic E-state index is 12.7. The van der Waals surface area contributed by atoms with Gasteiger partial charge in [0.2, 0.25) is 15.9 Å². The van der Waals surface area contributed by atoms with Gasteiger partial charge in [0.05, 0.1) is 6.10 Å². The summed E-state index contributed by atoms with van der Waals surface area (Å²) in [4.78, 5) is 18.2. The van der Waals surface area contributed by atoms with Crippen LogP contribution in [-0.4, -0.2) is 67.9 Å². The minimum absolute atomic E-state index is 0.0157. The summed E-state index contributed by atoms with van der Waals surface area (Å²) in [6.07, 6.45) is 4.62. The Kier molecular flexibility index (Phi) is 6.17. The molecule has 0 N–H and O–H groups in total. The minimum Gasteiger partial charge on any atom is -0.376 e. The van der Waals surface area contributed by atoms with Crippen LogP contribution in [0.15, 0.2) is 23.2 Å². The first-order valence-electron chi connectivity index (χ1n) is 8.87. The topological polar surface area (TPSA) is 79.8 Å². The number of sulfonamides is 1. The molecule has 0 radical (unpaired) electrons. The van der Waals surface area contributed by atoms with Crippen LogP contribution in [0.5, 0.6) is 0 Å². The molecule has 144 valence electrons. The Hall–Kier alpha value is -1.22. The van der Waals surface area contributed by atoms with Crippen molar-refractivity contribution in [3.05, 3.63) is 23.5 Å². The second-order valence-electron chi connectivity index (χ2n) is 6.82. The van der Waals surface area contributed by atoms with Gasteiger partial charge in [-0.2, -0.15) is 4.31 Å². The monoisotopic (exact) mass is 401 g/mol. The number of hydrogen-bond acceptors (Lipinski definition) is 5. The van der Waals surface area contributed by atoms with Crippen LogP contribution in [0, 0.1) is 5.92 Å². The fourth-order valence-corrected chi connectivity index (χ4v) is 5.44. The molecule has 2 saturated heterocycles. The number of amides is 1. The predicted molar refractivity (Wildman–Crippen MR) is 97.3 cm³/mol. The summed E-state index contributed by atoms with van der Waals surface area (Å²) in [5, 5.41) is -0.0259. The molecular formula is C17H24ClN3O4S. The number of carbonyl (C=O) groups is 1. The Morgan fingerprint density at radius 1 is 1.38 bits per heavy atom. The van der Waals surface area contributed by atoms with E-state index in [4.69, 9.17) is 16.3 Å². The van der Waals surface area contributed by atoms with Gasteiger partial charge in [0.15, 0.2) is 0 Å². The van der Waals surface area contributed by atoms with Gasteiger partial charge in [0.25, 0.3) is 0 Å². The molecule has 1 aromatic heterocycles.